The number of carbonyl (C=O) groups excluding carboxylic acids is 1. The van der Waals surface area contributed by atoms with Gasteiger partial charge in [0.05, 0.1) is 17.8 Å². The first-order valence-corrected chi connectivity index (χ1v) is 10.4. The fourth-order valence-electron chi connectivity index (χ4n) is 4.82. The van der Waals surface area contributed by atoms with Crippen LogP contribution in [0.1, 0.15) is 70.0 Å². The minimum Gasteiger partial charge on any atom is -0.490 e. The summed E-state index contributed by atoms with van der Waals surface area (Å²) in [6.45, 7) is 3.05. The third-order valence-corrected chi connectivity index (χ3v) is 6.18. The van der Waals surface area contributed by atoms with E-state index in [-0.39, 0.29) is 23.7 Å². The van der Waals surface area contributed by atoms with Gasteiger partial charge in [0.15, 0.2) is 0 Å². The van der Waals surface area contributed by atoms with Gasteiger partial charge in [0.2, 0.25) is 5.91 Å². The molecule has 148 valence electrons. The molecule has 27 heavy (non-hydrogen) atoms. The van der Waals surface area contributed by atoms with Crippen molar-refractivity contribution in [3.05, 3.63) is 29.8 Å². The van der Waals surface area contributed by atoms with Gasteiger partial charge in [-0.1, -0.05) is 12.1 Å². The summed E-state index contributed by atoms with van der Waals surface area (Å²) in [5, 5.41) is 3.13. The van der Waals surface area contributed by atoms with Crippen LogP contribution in [-0.2, 0) is 14.3 Å². The molecule has 0 bridgehead atoms. The molecule has 2 atom stereocenters. The Bertz CT molecular complexity index is 632. The van der Waals surface area contributed by atoms with Gasteiger partial charge >= 0.3 is 0 Å². The average Bonchev–Trinajstić information content (AvgIpc) is 3.15. The van der Waals surface area contributed by atoms with Gasteiger partial charge in [-0.25, -0.2) is 0 Å². The van der Waals surface area contributed by atoms with Crippen molar-refractivity contribution in [2.75, 3.05) is 13.2 Å². The molecule has 2 saturated heterocycles. The van der Waals surface area contributed by atoms with Crippen LogP contribution >= 0.6 is 0 Å². The van der Waals surface area contributed by atoms with Crippen LogP contribution in [0, 0.1) is 0 Å². The lowest BCUT2D eigenvalue weighted by Crippen LogP contribution is -2.51. The molecular weight excluding hydrogens is 342 g/mol. The van der Waals surface area contributed by atoms with Gasteiger partial charge in [-0.2, -0.15) is 0 Å². The minimum absolute atomic E-state index is 0.00534. The smallest absolute Gasteiger partial charge is 0.217 e. The number of hydrogen-bond donors (Lipinski definition) is 1. The number of hydrogen-bond acceptors (Lipinski definition) is 4. The Morgan fingerprint density at radius 1 is 1.15 bits per heavy atom. The Balaban J connectivity index is 1.47. The van der Waals surface area contributed by atoms with Crippen molar-refractivity contribution in [2.45, 2.75) is 82.1 Å². The topological polar surface area (TPSA) is 56.8 Å². The molecule has 1 spiro atoms. The lowest BCUT2D eigenvalue weighted by Gasteiger charge is -2.47. The molecule has 3 aliphatic rings. The molecule has 5 heteroatoms. The summed E-state index contributed by atoms with van der Waals surface area (Å²) in [7, 11) is 0. The van der Waals surface area contributed by atoms with E-state index in [9.17, 15) is 4.79 Å². The minimum atomic E-state index is -0.187. The number of amides is 1. The van der Waals surface area contributed by atoms with Gasteiger partial charge in [-0.15, -0.1) is 0 Å². The number of ether oxygens (including phenoxy) is 3. The molecule has 5 nitrogen and oxygen atoms in total. The highest BCUT2D eigenvalue weighted by Gasteiger charge is 2.43. The molecule has 4 rings (SSSR count). The molecule has 1 N–H and O–H groups in total. The van der Waals surface area contributed by atoms with E-state index in [2.05, 4.69) is 29.6 Å². The second-order valence-corrected chi connectivity index (χ2v) is 8.33. The molecule has 1 aromatic carbocycles. The summed E-state index contributed by atoms with van der Waals surface area (Å²) in [6, 6.07) is 8.52. The molecule has 0 aromatic heterocycles. The monoisotopic (exact) mass is 373 g/mol. The molecule has 1 amide bonds. The predicted octanol–water partition coefficient (Wildman–Crippen LogP) is 3.91. The SMILES string of the molecule is CC(=O)N[C@@H]1C[C@H](c2ccc(OC3CCCC3)cc2)OC2(CCOCC2)C1. The standard InChI is InChI=1S/C22H31NO4/c1-16(24)23-18-14-21(27-22(15-18)10-12-25-13-11-22)17-6-8-20(9-7-17)26-19-4-2-3-5-19/h6-9,18-19,21H,2-5,10-15H2,1H3,(H,23,24)/t18-,21-/m1/s1. The lowest BCUT2D eigenvalue weighted by atomic mass is 9.81. The summed E-state index contributed by atoms with van der Waals surface area (Å²) in [4.78, 5) is 11.6. The third kappa shape index (κ3) is 4.64. The van der Waals surface area contributed by atoms with Crippen LogP contribution in [0.25, 0.3) is 0 Å². The van der Waals surface area contributed by atoms with Crippen molar-refractivity contribution in [1.29, 1.82) is 0 Å². The van der Waals surface area contributed by atoms with Crippen LogP contribution < -0.4 is 10.1 Å². The van der Waals surface area contributed by atoms with Crippen molar-refractivity contribution < 1.29 is 19.0 Å². The quantitative estimate of drug-likeness (QED) is 0.869. The number of nitrogens with one attached hydrogen (secondary N) is 1. The molecule has 1 aromatic rings. The molecule has 2 aliphatic heterocycles. The summed E-state index contributed by atoms with van der Waals surface area (Å²) >= 11 is 0. The van der Waals surface area contributed by atoms with Gasteiger partial charge < -0.3 is 19.5 Å². The second kappa shape index (κ2) is 8.19. The first kappa shape index (κ1) is 18.8. The first-order chi connectivity index (χ1) is 13.1. The zero-order chi connectivity index (χ0) is 18.7. The summed E-state index contributed by atoms with van der Waals surface area (Å²) in [6.07, 6.45) is 8.70. The van der Waals surface area contributed by atoms with E-state index in [0.717, 1.165) is 63.1 Å². The number of rotatable bonds is 4. The average molecular weight is 373 g/mol. The van der Waals surface area contributed by atoms with Crippen molar-refractivity contribution in [3.8, 4) is 5.75 Å². The Labute approximate surface area is 161 Å². The van der Waals surface area contributed by atoms with Crippen LogP contribution in [0.3, 0.4) is 0 Å². The van der Waals surface area contributed by atoms with E-state index in [4.69, 9.17) is 14.2 Å². The molecule has 3 fully saturated rings. The Morgan fingerprint density at radius 2 is 1.85 bits per heavy atom. The van der Waals surface area contributed by atoms with E-state index in [0.29, 0.717) is 6.10 Å². The van der Waals surface area contributed by atoms with Crippen molar-refractivity contribution in [1.82, 2.24) is 5.32 Å². The van der Waals surface area contributed by atoms with Crippen LogP contribution in [0.5, 0.6) is 5.75 Å². The summed E-state index contributed by atoms with van der Waals surface area (Å²) in [5.74, 6) is 0.976. The zero-order valence-electron chi connectivity index (χ0n) is 16.2. The second-order valence-electron chi connectivity index (χ2n) is 8.33. The number of benzene rings is 1. The fourth-order valence-corrected chi connectivity index (χ4v) is 4.82. The van der Waals surface area contributed by atoms with Crippen molar-refractivity contribution >= 4 is 5.91 Å². The van der Waals surface area contributed by atoms with Crippen LogP contribution in [0.15, 0.2) is 24.3 Å². The maximum Gasteiger partial charge on any atom is 0.217 e. The highest BCUT2D eigenvalue weighted by molar-refractivity contribution is 5.73. The van der Waals surface area contributed by atoms with Crippen LogP contribution in [0.4, 0.5) is 0 Å². The van der Waals surface area contributed by atoms with E-state index < -0.39 is 0 Å². The normalized spacial score (nSPS) is 28.2. The van der Waals surface area contributed by atoms with E-state index in [1.807, 2.05) is 0 Å². The maximum atomic E-state index is 11.6. The highest BCUT2D eigenvalue weighted by atomic mass is 16.5. The fraction of sp³-hybridized carbons (Fsp3) is 0.682. The van der Waals surface area contributed by atoms with E-state index >= 15 is 0 Å². The summed E-state index contributed by atoms with van der Waals surface area (Å²) < 4.78 is 18.3. The largest absolute Gasteiger partial charge is 0.490 e. The third-order valence-electron chi connectivity index (χ3n) is 6.18. The molecular formula is C22H31NO4. The molecule has 0 radical (unpaired) electrons. The van der Waals surface area contributed by atoms with Crippen molar-refractivity contribution in [2.24, 2.45) is 0 Å². The predicted molar refractivity (Wildman–Crippen MR) is 103 cm³/mol. The lowest BCUT2D eigenvalue weighted by molar-refractivity contribution is -0.179. The molecule has 1 aliphatic carbocycles. The van der Waals surface area contributed by atoms with Crippen LogP contribution in [0.2, 0.25) is 0 Å². The van der Waals surface area contributed by atoms with Gasteiger partial charge in [-0.05, 0) is 69.1 Å². The number of carbonyl (C=O) groups is 1. The summed E-state index contributed by atoms with van der Waals surface area (Å²) in [5.41, 5.74) is 0.975. The van der Waals surface area contributed by atoms with Crippen molar-refractivity contribution in [3.63, 3.8) is 0 Å². The molecule has 1 saturated carbocycles. The molecule has 2 heterocycles. The van der Waals surface area contributed by atoms with E-state index in [1.54, 1.807) is 6.92 Å². The van der Waals surface area contributed by atoms with Gasteiger partial charge in [0.25, 0.3) is 0 Å². The van der Waals surface area contributed by atoms with Gasteiger partial charge in [0, 0.05) is 26.2 Å². The maximum absolute atomic E-state index is 11.6. The van der Waals surface area contributed by atoms with Gasteiger partial charge in [-0.3, -0.25) is 4.79 Å². The first-order valence-electron chi connectivity index (χ1n) is 10.4. The highest BCUT2D eigenvalue weighted by Crippen LogP contribution is 2.43. The van der Waals surface area contributed by atoms with E-state index in [1.165, 1.54) is 12.8 Å². The van der Waals surface area contributed by atoms with Gasteiger partial charge in [0.1, 0.15) is 5.75 Å². The Morgan fingerprint density at radius 3 is 2.52 bits per heavy atom. The van der Waals surface area contributed by atoms with Crippen LogP contribution in [-0.4, -0.2) is 36.9 Å². The molecule has 0 unspecified atom stereocenters. The Hall–Kier alpha value is -1.59. The Kier molecular flexibility index (Phi) is 5.69. The zero-order valence-corrected chi connectivity index (χ0v) is 16.2.